The fraction of sp³-hybridized carbons (Fsp3) is 0.636. The molecule has 1 amide bonds. The Bertz CT molecular complexity index is 823. The van der Waals surface area contributed by atoms with Crippen LogP contribution in [0.1, 0.15) is 51.8 Å². The van der Waals surface area contributed by atoms with Gasteiger partial charge in [0.15, 0.2) is 0 Å². The molecule has 8 nitrogen and oxygen atoms in total. The second kappa shape index (κ2) is 12.0. The van der Waals surface area contributed by atoms with Crippen molar-refractivity contribution >= 4 is 23.2 Å². The number of nitrogens with zero attached hydrogens (tertiary/aromatic N) is 4. The second-order valence-corrected chi connectivity index (χ2v) is 8.61. The summed E-state index contributed by atoms with van der Waals surface area (Å²) in [5, 5.41) is 5.99. The minimum absolute atomic E-state index is 0.0604. The molecule has 3 rings (SSSR count). The molecule has 1 atom stereocenters. The number of aromatic nitrogens is 2. The van der Waals surface area contributed by atoms with Crippen molar-refractivity contribution in [1.82, 2.24) is 19.9 Å². The summed E-state index contributed by atoms with van der Waals surface area (Å²) in [5.74, 6) is 0.937. The lowest BCUT2D eigenvalue weighted by Gasteiger charge is -2.30. The van der Waals surface area contributed by atoms with Crippen molar-refractivity contribution in [2.75, 3.05) is 32.8 Å². The van der Waals surface area contributed by atoms with Gasteiger partial charge in [-0.3, -0.25) is 14.5 Å². The third-order valence-electron chi connectivity index (χ3n) is 5.57. The minimum atomic E-state index is -0.258. The van der Waals surface area contributed by atoms with Gasteiger partial charge in [0, 0.05) is 32.0 Å². The van der Waals surface area contributed by atoms with Gasteiger partial charge in [-0.05, 0) is 50.7 Å². The first kappa shape index (κ1) is 23.4. The number of likely N-dealkylation sites (tertiary alicyclic amines) is 1. The Hall–Kier alpha value is -2.26. The molecule has 1 fully saturated rings. The zero-order chi connectivity index (χ0) is 22.1. The van der Waals surface area contributed by atoms with Crippen LogP contribution in [-0.4, -0.2) is 70.6 Å². The fourth-order valence-corrected chi connectivity index (χ4v) is 4.61. The number of hydrogen-bond donors (Lipinski definition) is 0. The van der Waals surface area contributed by atoms with E-state index >= 15 is 0 Å². The molecule has 2 aromatic heterocycles. The van der Waals surface area contributed by atoms with E-state index in [-0.39, 0.29) is 18.3 Å². The van der Waals surface area contributed by atoms with Crippen molar-refractivity contribution in [2.45, 2.75) is 58.4 Å². The molecule has 1 aliphatic heterocycles. The van der Waals surface area contributed by atoms with Crippen LogP contribution >= 0.6 is 11.3 Å². The van der Waals surface area contributed by atoms with Crippen LogP contribution in [0.2, 0.25) is 0 Å². The molecule has 1 unspecified atom stereocenters. The van der Waals surface area contributed by atoms with Crippen LogP contribution in [0, 0.1) is 0 Å². The van der Waals surface area contributed by atoms with E-state index in [9.17, 15) is 9.59 Å². The number of amides is 1. The topological polar surface area (TPSA) is 88.8 Å². The quantitative estimate of drug-likeness (QED) is 0.460. The highest BCUT2D eigenvalue weighted by atomic mass is 32.1. The zero-order valence-corrected chi connectivity index (χ0v) is 19.2. The SMILES string of the molecule is CCOC(=O)CCN(CC1CCCN1CC)C(=O)CCCc1nc(-c2cccs2)no1. The number of hydrogen-bond acceptors (Lipinski definition) is 8. The lowest BCUT2D eigenvalue weighted by atomic mass is 10.1. The highest BCUT2D eigenvalue weighted by Crippen LogP contribution is 2.22. The number of likely N-dealkylation sites (N-methyl/N-ethyl adjacent to an activating group) is 1. The summed E-state index contributed by atoms with van der Waals surface area (Å²) in [7, 11) is 0. The fourth-order valence-electron chi connectivity index (χ4n) is 3.96. The van der Waals surface area contributed by atoms with Crippen molar-refractivity contribution in [3.8, 4) is 10.7 Å². The number of rotatable bonds is 12. The number of thiophene rings is 1. The summed E-state index contributed by atoms with van der Waals surface area (Å²) >= 11 is 1.56. The predicted molar refractivity (Wildman–Crippen MR) is 119 cm³/mol. The molecule has 0 bridgehead atoms. The lowest BCUT2D eigenvalue weighted by Crippen LogP contribution is -2.43. The zero-order valence-electron chi connectivity index (χ0n) is 18.4. The molecule has 0 aromatic carbocycles. The second-order valence-electron chi connectivity index (χ2n) is 7.66. The van der Waals surface area contributed by atoms with Gasteiger partial charge in [-0.2, -0.15) is 4.98 Å². The molecule has 1 aliphatic rings. The van der Waals surface area contributed by atoms with Crippen molar-refractivity contribution in [3.05, 3.63) is 23.4 Å². The van der Waals surface area contributed by atoms with Crippen LogP contribution < -0.4 is 0 Å². The van der Waals surface area contributed by atoms with Crippen LogP contribution in [0.5, 0.6) is 0 Å². The van der Waals surface area contributed by atoms with Crippen LogP contribution in [0.25, 0.3) is 10.7 Å². The van der Waals surface area contributed by atoms with Crippen LogP contribution in [0.15, 0.2) is 22.0 Å². The number of carbonyl (C=O) groups excluding carboxylic acids is 2. The van der Waals surface area contributed by atoms with Gasteiger partial charge in [-0.15, -0.1) is 11.3 Å². The predicted octanol–water partition coefficient (Wildman–Crippen LogP) is 3.39. The van der Waals surface area contributed by atoms with Gasteiger partial charge in [0.1, 0.15) is 0 Å². The standard InChI is InChI=1S/C22H32N4O4S/c1-3-25-13-6-8-17(25)16-26(14-12-21(28)29-4-2)20(27)11-5-10-19-23-22(24-30-19)18-9-7-15-31-18/h7,9,15,17H,3-6,8,10-14,16H2,1-2H3. The first-order valence-electron chi connectivity index (χ1n) is 11.1. The summed E-state index contributed by atoms with van der Waals surface area (Å²) in [6, 6.07) is 4.26. The monoisotopic (exact) mass is 448 g/mol. The Morgan fingerprint density at radius 3 is 2.97 bits per heavy atom. The van der Waals surface area contributed by atoms with E-state index in [0.717, 1.165) is 30.8 Å². The highest BCUT2D eigenvalue weighted by Gasteiger charge is 2.27. The summed E-state index contributed by atoms with van der Waals surface area (Å²) in [6.45, 7) is 7.41. The van der Waals surface area contributed by atoms with E-state index in [1.165, 1.54) is 0 Å². The first-order chi connectivity index (χ1) is 15.1. The molecule has 0 saturated carbocycles. The van der Waals surface area contributed by atoms with Gasteiger partial charge in [0.25, 0.3) is 0 Å². The normalized spacial score (nSPS) is 16.5. The Morgan fingerprint density at radius 1 is 1.35 bits per heavy atom. The molecule has 1 saturated heterocycles. The number of ether oxygens (including phenoxy) is 1. The van der Waals surface area contributed by atoms with Gasteiger partial charge in [0.05, 0.1) is 17.9 Å². The Balaban J connectivity index is 1.52. The summed E-state index contributed by atoms with van der Waals surface area (Å²) < 4.78 is 10.4. The van der Waals surface area contributed by atoms with Crippen LogP contribution in [0.3, 0.4) is 0 Å². The third-order valence-corrected chi connectivity index (χ3v) is 6.44. The van der Waals surface area contributed by atoms with Gasteiger partial charge in [0.2, 0.25) is 17.6 Å². The van der Waals surface area contributed by atoms with E-state index < -0.39 is 0 Å². The van der Waals surface area contributed by atoms with Crippen molar-refractivity contribution in [1.29, 1.82) is 0 Å². The molecule has 0 aliphatic carbocycles. The van der Waals surface area contributed by atoms with Gasteiger partial charge in [-0.1, -0.05) is 18.1 Å². The van der Waals surface area contributed by atoms with E-state index in [2.05, 4.69) is 22.0 Å². The number of esters is 1. The van der Waals surface area contributed by atoms with E-state index in [1.54, 1.807) is 18.3 Å². The maximum Gasteiger partial charge on any atom is 0.307 e. The Labute approximate surface area is 187 Å². The Morgan fingerprint density at radius 2 is 2.23 bits per heavy atom. The molecule has 31 heavy (non-hydrogen) atoms. The summed E-state index contributed by atoms with van der Waals surface area (Å²) in [4.78, 5) is 34.4. The molecule has 2 aromatic rings. The average molecular weight is 449 g/mol. The van der Waals surface area contributed by atoms with Crippen LogP contribution in [-0.2, 0) is 20.7 Å². The molecule has 170 valence electrons. The molecular formula is C22H32N4O4S. The number of carbonyl (C=O) groups is 2. The van der Waals surface area contributed by atoms with E-state index in [4.69, 9.17) is 9.26 Å². The van der Waals surface area contributed by atoms with Crippen molar-refractivity contribution in [2.24, 2.45) is 0 Å². The molecule has 9 heteroatoms. The minimum Gasteiger partial charge on any atom is -0.466 e. The third kappa shape index (κ3) is 6.87. The van der Waals surface area contributed by atoms with Gasteiger partial charge >= 0.3 is 5.97 Å². The molecular weight excluding hydrogens is 416 g/mol. The van der Waals surface area contributed by atoms with E-state index in [0.29, 0.717) is 56.7 Å². The summed E-state index contributed by atoms with van der Waals surface area (Å²) in [6.07, 6.45) is 4.04. The molecule has 0 spiro atoms. The van der Waals surface area contributed by atoms with E-state index in [1.807, 2.05) is 22.4 Å². The summed E-state index contributed by atoms with van der Waals surface area (Å²) in [5.41, 5.74) is 0. The maximum absolute atomic E-state index is 13.0. The van der Waals surface area contributed by atoms with Crippen molar-refractivity contribution < 1.29 is 18.8 Å². The largest absolute Gasteiger partial charge is 0.466 e. The van der Waals surface area contributed by atoms with Gasteiger partial charge in [-0.25, -0.2) is 0 Å². The smallest absolute Gasteiger partial charge is 0.307 e. The molecule has 0 N–H and O–H groups in total. The maximum atomic E-state index is 13.0. The lowest BCUT2D eigenvalue weighted by molar-refractivity contribution is -0.144. The van der Waals surface area contributed by atoms with Crippen LogP contribution in [0.4, 0.5) is 0 Å². The molecule has 3 heterocycles. The highest BCUT2D eigenvalue weighted by molar-refractivity contribution is 7.13. The first-order valence-corrected chi connectivity index (χ1v) is 12.0. The number of aryl methyl sites for hydroxylation is 1. The molecule has 0 radical (unpaired) electrons. The van der Waals surface area contributed by atoms with Crippen molar-refractivity contribution in [3.63, 3.8) is 0 Å². The average Bonchev–Trinajstić information content (AvgIpc) is 3.52. The Kier molecular flexibility index (Phi) is 9.02. The van der Waals surface area contributed by atoms with Gasteiger partial charge < -0.3 is 14.2 Å².